The summed E-state index contributed by atoms with van der Waals surface area (Å²) in [4.78, 5) is 15.5. The predicted octanol–water partition coefficient (Wildman–Crippen LogP) is 3.15. The lowest BCUT2D eigenvalue weighted by molar-refractivity contribution is -0.227. The van der Waals surface area contributed by atoms with Crippen molar-refractivity contribution >= 4 is 11.6 Å². The van der Waals surface area contributed by atoms with Gasteiger partial charge in [0, 0.05) is 25.8 Å². The summed E-state index contributed by atoms with van der Waals surface area (Å²) in [6, 6.07) is 8.27. The molecule has 1 aromatic rings. The van der Waals surface area contributed by atoms with Gasteiger partial charge < -0.3 is 14.8 Å². The molecule has 1 aliphatic carbocycles. The fourth-order valence-corrected chi connectivity index (χ4v) is 4.87. The van der Waals surface area contributed by atoms with Crippen LogP contribution in [0, 0.1) is 5.41 Å². The molecule has 5 nitrogen and oxygen atoms in total. The molecule has 2 heterocycles. The van der Waals surface area contributed by atoms with Gasteiger partial charge in [-0.2, -0.15) is 0 Å². The van der Waals surface area contributed by atoms with Gasteiger partial charge in [0.15, 0.2) is 5.79 Å². The van der Waals surface area contributed by atoms with E-state index in [4.69, 9.17) is 9.47 Å². The van der Waals surface area contributed by atoms with Crippen molar-refractivity contribution in [2.45, 2.75) is 50.9 Å². The van der Waals surface area contributed by atoms with E-state index in [1.807, 2.05) is 12.1 Å². The Balaban J connectivity index is 1.44. The molecule has 0 bridgehead atoms. The van der Waals surface area contributed by atoms with Gasteiger partial charge in [-0.1, -0.05) is 12.1 Å². The largest absolute Gasteiger partial charge is 0.352 e. The summed E-state index contributed by atoms with van der Waals surface area (Å²) in [5.41, 5.74) is 1.61. The van der Waals surface area contributed by atoms with E-state index < -0.39 is 11.2 Å². The van der Waals surface area contributed by atoms with Crippen LogP contribution in [0.5, 0.6) is 0 Å². The molecule has 25 heavy (non-hydrogen) atoms. The van der Waals surface area contributed by atoms with Crippen LogP contribution in [0.1, 0.15) is 44.1 Å². The Kier molecular flexibility index (Phi) is 4.56. The number of methoxy groups -OCH3 is 1. The second-order valence-electron chi connectivity index (χ2n) is 7.63. The number of rotatable bonds is 5. The van der Waals surface area contributed by atoms with Gasteiger partial charge in [0.2, 0.25) is 5.91 Å². The summed E-state index contributed by atoms with van der Waals surface area (Å²) >= 11 is 0. The number of benzene rings is 1. The molecular formula is C20H28N2O3. The second kappa shape index (κ2) is 6.71. The highest BCUT2D eigenvalue weighted by Crippen LogP contribution is 2.56. The number of nitrogens with zero attached hydrogens (tertiary/aromatic N) is 1. The number of fused-ring (bicyclic) bond motifs is 1. The highest BCUT2D eigenvalue weighted by Gasteiger charge is 2.64. The Morgan fingerprint density at radius 3 is 2.64 bits per heavy atom. The van der Waals surface area contributed by atoms with Crippen molar-refractivity contribution in [3.63, 3.8) is 0 Å². The third-order valence-corrected chi connectivity index (χ3v) is 6.28. The standard InChI is InChI=1S/C20H28N2O3/c1-24-20-10-4-9-19(20,11-14-25-20)18(23)21-17-7-5-16(6-8-17)15-22-12-2-3-13-22/h5-8H,2-4,9-15H2,1H3,(H,21,23)/t19-,20-/m0/s1. The molecule has 0 unspecified atom stereocenters. The maximum absolute atomic E-state index is 13.1. The minimum atomic E-state index is -0.729. The second-order valence-corrected chi connectivity index (χ2v) is 7.63. The number of carbonyl (C=O) groups excluding carboxylic acids is 1. The minimum Gasteiger partial charge on any atom is -0.352 e. The maximum Gasteiger partial charge on any atom is 0.236 e. The molecule has 2 saturated heterocycles. The van der Waals surface area contributed by atoms with E-state index in [0.717, 1.165) is 37.9 Å². The molecule has 1 saturated carbocycles. The third kappa shape index (κ3) is 2.88. The van der Waals surface area contributed by atoms with Crippen LogP contribution in [-0.2, 0) is 20.8 Å². The van der Waals surface area contributed by atoms with E-state index in [2.05, 4.69) is 22.3 Å². The van der Waals surface area contributed by atoms with Crippen molar-refractivity contribution in [3.05, 3.63) is 29.8 Å². The predicted molar refractivity (Wildman–Crippen MR) is 96.2 cm³/mol. The van der Waals surface area contributed by atoms with Crippen molar-refractivity contribution in [3.8, 4) is 0 Å². The van der Waals surface area contributed by atoms with Crippen LogP contribution in [0.4, 0.5) is 5.69 Å². The smallest absolute Gasteiger partial charge is 0.236 e. The number of hydrogen-bond donors (Lipinski definition) is 1. The molecular weight excluding hydrogens is 316 g/mol. The highest BCUT2D eigenvalue weighted by atomic mass is 16.7. The monoisotopic (exact) mass is 344 g/mol. The maximum atomic E-state index is 13.1. The lowest BCUT2D eigenvalue weighted by atomic mass is 9.79. The number of carbonyl (C=O) groups is 1. The lowest BCUT2D eigenvalue weighted by Gasteiger charge is -2.36. The van der Waals surface area contributed by atoms with E-state index in [-0.39, 0.29) is 5.91 Å². The first-order chi connectivity index (χ1) is 12.2. The summed E-state index contributed by atoms with van der Waals surface area (Å²) in [6.07, 6.45) is 5.94. The third-order valence-electron chi connectivity index (χ3n) is 6.28. The molecule has 1 N–H and O–H groups in total. The Hall–Kier alpha value is -1.43. The number of amides is 1. The number of ether oxygens (including phenoxy) is 2. The summed E-state index contributed by atoms with van der Waals surface area (Å²) in [5, 5.41) is 3.11. The Morgan fingerprint density at radius 2 is 1.92 bits per heavy atom. The molecule has 3 fully saturated rings. The van der Waals surface area contributed by atoms with Crippen molar-refractivity contribution in [1.82, 2.24) is 4.90 Å². The zero-order valence-corrected chi connectivity index (χ0v) is 15.1. The van der Waals surface area contributed by atoms with Crippen LogP contribution >= 0.6 is 0 Å². The van der Waals surface area contributed by atoms with Crippen LogP contribution in [0.25, 0.3) is 0 Å². The van der Waals surface area contributed by atoms with Crippen LogP contribution < -0.4 is 5.32 Å². The summed E-state index contributed by atoms with van der Waals surface area (Å²) < 4.78 is 11.6. The van der Waals surface area contributed by atoms with Crippen molar-refractivity contribution in [2.75, 3.05) is 32.1 Å². The van der Waals surface area contributed by atoms with E-state index >= 15 is 0 Å². The van der Waals surface area contributed by atoms with Crippen molar-refractivity contribution < 1.29 is 14.3 Å². The Labute approximate surface area is 149 Å². The summed E-state index contributed by atoms with van der Waals surface area (Å²) in [6.45, 7) is 3.98. The summed E-state index contributed by atoms with van der Waals surface area (Å²) in [7, 11) is 1.66. The van der Waals surface area contributed by atoms with Gasteiger partial charge in [0.25, 0.3) is 0 Å². The molecule has 0 spiro atoms. The first-order valence-electron chi connectivity index (χ1n) is 9.49. The van der Waals surface area contributed by atoms with E-state index in [1.54, 1.807) is 7.11 Å². The van der Waals surface area contributed by atoms with Crippen molar-refractivity contribution in [1.29, 1.82) is 0 Å². The average molecular weight is 344 g/mol. The van der Waals surface area contributed by atoms with Crippen LogP contribution in [-0.4, -0.2) is 43.4 Å². The minimum absolute atomic E-state index is 0.0386. The SMILES string of the molecule is CO[C@]12CCC[C@@]1(C(=O)Nc1ccc(CN3CCCC3)cc1)CCO2. The van der Waals surface area contributed by atoms with Gasteiger partial charge in [-0.3, -0.25) is 9.69 Å². The van der Waals surface area contributed by atoms with E-state index in [9.17, 15) is 4.79 Å². The molecule has 0 aromatic heterocycles. The normalized spacial score (nSPS) is 32.0. The Morgan fingerprint density at radius 1 is 1.16 bits per heavy atom. The van der Waals surface area contributed by atoms with Gasteiger partial charge in [0.1, 0.15) is 5.41 Å². The van der Waals surface area contributed by atoms with E-state index in [1.165, 1.54) is 31.5 Å². The molecule has 2 atom stereocenters. The van der Waals surface area contributed by atoms with Gasteiger partial charge in [0.05, 0.1) is 6.61 Å². The number of nitrogens with one attached hydrogen (secondary N) is 1. The van der Waals surface area contributed by atoms with Crippen LogP contribution in [0.2, 0.25) is 0 Å². The molecule has 0 radical (unpaired) electrons. The molecule has 4 rings (SSSR count). The molecule has 1 aromatic carbocycles. The highest BCUT2D eigenvalue weighted by molar-refractivity contribution is 5.96. The van der Waals surface area contributed by atoms with Gasteiger partial charge in [-0.05, 0) is 62.9 Å². The average Bonchev–Trinajstić information content (AvgIpc) is 3.31. The Bertz CT molecular complexity index is 612. The fraction of sp³-hybridized carbons (Fsp3) is 0.650. The topological polar surface area (TPSA) is 50.8 Å². The quantitative estimate of drug-likeness (QED) is 0.891. The zero-order valence-electron chi connectivity index (χ0n) is 15.1. The number of likely N-dealkylation sites (tertiary alicyclic amines) is 1. The molecule has 1 amide bonds. The van der Waals surface area contributed by atoms with Gasteiger partial charge in [-0.15, -0.1) is 0 Å². The molecule has 5 heteroatoms. The number of anilines is 1. The molecule has 2 aliphatic heterocycles. The van der Waals surface area contributed by atoms with Crippen LogP contribution in [0.15, 0.2) is 24.3 Å². The van der Waals surface area contributed by atoms with Crippen LogP contribution in [0.3, 0.4) is 0 Å². The van der Waals surface area contributed by atoms with Gasteiger partial charge in [-0.25, -0.2) is 0 Å². The molecule has 3 aliphatic rings. The van der Waals surface area contributed by atoms with E-state index in [0.29, 0.717) is 6.61 Å². The number of hydrogen-bond acceptors (Lipinski definition) is 4. The zero-order chi connectivity index (χ0) is 17.3. The van der Waals surface area contributed by atoms with Crippen molar-refractivity contribution in [2.24, 2.45) is 5.41 Å². The summed E-state index contributed by atoms with van der Waals surface area (Å²) in [5.74, 6) is -0.691. The first kappa shape index (κ1) is 17.0. The lowest BCUT2D eigenvalue weighted by Crippen LogP contribution is -2.49. The molecule has 136 valence electrons. The fourth-order valence-electron chi connectivity index (χ4n) is 4.87. The first-order valence-corrected chi connectivity index (χ1v) is 9.49. The van der Waals surface area contributed by atoms with Gasteiger partial charge >= 0.3 is 0 Å².